The molecule has 1 aromatic rings. The van der Waals surface area contributed by atoms with Crippen LogP contribution in [0.1, 0.15) is 12.8 Å². The van der Waals surface area contributed by atoms with Gasteiger partial charge in [-0.2, -0.15) is 9.97 Å². The highest BCUT2D eigenvalue weighted by atomic mass is 16.5. The van der Waals surface area contributed by atoms with Crippen molar-refractivity contribution in [1.82, 2.24) is 9.97 Å². The van der Waals surface area contributed by atoms with E-state index in [1.165, 1.54) is 0 Å². The van der Waals surface area contributed by atoms with E-state index >= 15 is 0 Å². The highest BCUT2D eigenvalue weighted by Crippen LogP contribution is 2.30. The third-order valence-corrected chi connectivity index (χ3v) is 2.87. The van der Waals surface area contributed by atoms with Crippen molar-refractivity contribution in [2.24, 2.45) is 11.7 Å². The number of aromatic nitrogens is 2. The van der Waals surface area contributed by atoms with E-state index in [4.69, 9.17) is 19.9 Å². The van der Waals surface area contributed by atoms with E-state index in [0.29, 0.717) is 30.2 Å². The van der Waals surface area contributed by atoms with Crippen LogP contribution >= 0.6 is 0 Å². The Hall–Kier alpha value is -1.56. The summed E-state index contributed by atoms with van der Waals surface area (Å²) in [6.07, 6.45) is 2.07. The van der Waals surface area contributed by atoms with Crippen LogP contribution in [-0.4, -0.2) is 36.8 Å². The number of hydrogen-bond donors (Lipinski definition) is 1. The van der Waals surface area contributed by atoms with E-state index in [1.54, 1.807) is 20.3 Å². The van der Waals surface area contributed by atoms with E-state index in [0.717, 1.165) is 12.8 Å². The Balaban J connectivity index is 2.00. The average Bonchev–Trinajstić information content (AvgIpc) is 2.32. The summed E-state index contributed by atoms with van der Waals surface area (Å²) in [4.78, 5) is 8.21. The molecule has 0 spiro atoms. The minimum absolute atomic E-state index is 0.153. The van der Waals surface area contributed by atoms with Gasteiger partial charge in [0.05, 0.1) is 20.3 Å². The molecule has 17 heavy (non-hydrogen) atoms. The Morgan fingerprint density at radius 1 is 1.24 bits per heavy atom. The summed E-state index contributed by atoms with van der Waals surface area (Å²) in [6.45, 7) is 0.710. The molecule has 1 fully saturated rings. The van der Waals surface area contributed by atoms with Gasteiger partial charge in [0.1, 0.15) is 6.10 Å². The van der Waals surface area contributed by atoms with Gasteiger partial charge in [-0.05, 0) is 25.3 Å². The van der Waals surface area contributed by atoms with Crippen molar-refractivity contribution >= 4 is 0 Å². The van der Waals surface area contributed by atoms with Crippen LogP contribution < -0.4 is 19.9 Å². The summed E-state index contributed by atoms with van der Waals surface area (Å²) >= 11 is 0. The smallest absolute Gasteiger partial charge is 0.323 e. The van der Waals surface area contributed by atoms with Gasteiger partial charge in [0.25, 0.3) is 0 Å². The van der Waals surface area contributed by atoms with Gasteiger partial charge in [-0.25, -0.2) is 0 Å². The van der Waals surface area contributed by atoms with Gasteiger partial charge in [0.15, 0.2) is 0 Å². The number of ether oxygens (including phenoxy) is 3. The molecule has 6 heteroatoms. The molecule has 2 rings (SSSR count). The molecule has 0 saturated heterocycles. The molecule has 0 amide bonds. The van der Waals surface area contributed by atoms with Crippen LogP contribution in [0.2, 0.25) is 0 Å². The molecule has 0 unspecified atom stereocenters. The van der Waals surface area contributed by atoms with Crippen LogP contribution in [0.5, 0.6) is 17.8 Å². The Bertz CT molecular complexity index is 358. The molecule has 1 aliphatic rings. The molecule has 1 aliphatic carbocycles. The second-order valence-corrected chi connectivity index (χ2v) is 4.05. The van der Waals surface area contributed by atoms with E-state index in [2.05, 4.69) is 9.97 Å². The first kappa shape index (κ1) is 11.9. The number of methoxy groups -OCH3 is 2. The summed E-state index contributed by atoms with van der Waals surface area (Å²) in [5, 5.41) is 0. The fourth-order valence-electron chi connectivity index (χ4n) is 1.76. The summed E-state index contributed by atoms with van der Waals surface area (Å²) in [7, 11) is 3.08. The third-order valence-electron chi connectivity index (χ3n) is 2.87. The van der Waals surface area contributed by atoms with Crippen LogP contribution in [0.15, 0.2) is 6.07 Å². The maximum Gasteiger partial charge on any atom is 0.323 e. The third kappa shape index (κ3) is 2.76. The maximum atomic E-state index is 5.63. The van der Waals surface area contributed by atoms with Crippen molar-refractivity contribution in [2.75, 3.05) is 20.8 Å². The van der Waals surface area contributed by atoms with Crippen molar-refractivity contribution in [3.05, 3.63) is 6.07 Å². The van der Waals surface area contributed by atoms with Gasteiger partial charge in [-0.1, -0.05) is 0 Å². The quantitative estimate of drug-likeness (QED) is 0.811. The second-order valence-electron chi connectivity index (χ2n) is 4.05. The Morgan fingerprint density at radius 2 is 1.82 bits per heavy atom. The summed E-state index contributed by atoms with van der Waals surface area (Å²) in [5.74, 6) is 1.43. The molecule has 1 heterocycles. The molecule has 0 atom stereocenters. The normalized spacial score (nSPS) is 22.8. The van der Waals surface area contributed by atoms with Crippen molar-refractivity contribution in [3.63, 3.8) is 0 Å². The van der Waals surface area contributed by atoms with Crippen LogP contribution in [-0.2, 0) is 0 Å². The lowest BCUT2D eigenvalue weighted by Gasteiger charge is -2.33. The molecule has 94 valence electrons. The zero-order valence-electron chi connectivity index (χ0n) is 10.0. The lowest BCUT2D eigenvalue weighted by Crippen LogP contribution is -2.38. The van der Waals surface area contributed by atoms with Gasteiger partial charge in [-0.3, -0.25) is 0 Å². The molecule has 0 aliphatic heterocycles. The molecule has 6 nitrogen and oxygen atoms in total. The first-order chi connectivity index (χ1) is 8.25. The van der Waals surface area contributed by atoms with Crippen LogP contribution in [0.25, 0.3) is 0 Å². The van der Waals surface area contributed by atoms with Crippen molar-refractivity contribution in [3.8, 4) is 17.8 Å². The summed E-state index contributed by atoms with van der Waals surface area (Å²) in [6, 6.07) is 1.90. The average molecular weight is 239 g/mol. The number of hydrogen-bond acceptors (Lipinski definition) is 6. The Kier molecular flexibility index (Phi) is 3.63. The maximum absolute atomic E-state index is 5.63. The first-order valence-corrected chi connectivity index (χ1v) is 5.59. The molecule has 1 aromatic heterocycles. The molecule has 2 N–H and O–H groups in total. The molecule has 0 aromatic carbocycles. The van der Waals surface area contributed by atoms with E-state index in [9.17, 15) is 0 Å². The Labute approximate surface area is 100 Å². The highest BCUT2D eigenvalue weighted by molar-refractivity contribution is 5.23. The summed E-state index contributed by atoms with van der Waals surface area (Å²) < 4.78 is 15.7. The molecule has 0 bridgehead atoms. The van der Waals surface area contributed by atoms with Gasteiger partial charge in [-0.15, -0.1) is 0 Å². The van der Waals surface area contributed by atoms with E-state index < -0.39 is 0 Å². The van der Waals surface area contributed by atoms with Crippen molar-refractivity contribution in [1.29, 1.82) is 0 Å². The highest BCUT2D eigenvalue weighted by Gasteiger charge is 2.30. The fourth-order valence-corrected chi connectivity index (χ4v) is 1.76. The minimum atomic E-state index is 0.153. The zero-order chi connectivity index (χ0) is 12.3. The van der Waals surface area contributed by atoms with Crippen LogP contribution in [0, 0.1) is 5.92 Å². The molecule has 1 saturated carbocycles. The topological polar surface area (TPSA) is 79.5 Å². The largest absolute Gasteiger partial charge is 0.481 e. The fraction of sp³-hybridized carbons (Fsp3) is 0.636. The predicted molar refractivity (Wildman–Crippen MR) is 61.3 cm³/mol. The second kappa shape index (κ2) is 5.18. The molecular formula is C11H17N3O3. The van der Waals surface area contributed by atoms with Crippen LogP contribution in [0.3, 0.4) is 0 Å². The SMILES string of the molecule is COc1cc(OC)nc(OC2CC(CN)C2)n1. The van der Waals surface area contributed by atoms with Gasteiger partial charge in [0, 0.05) is 0 Å². The van der Waals surface area contributed by atoms with Crippen molar-refractivity contribution in [2.45, 2.75) is 18.9 Å². The first-order valence-electron chi connectivity index (χ1n) is 5.59. The number of nitrogens with zero attached hydrogens (tertiary/aromatic N) is 2. The van der Waals surface area contributed by atoms with Gasteiger partial charge >= 0.3 is 6.01 Å². The predicted octanol–water partition coefficient (Wildman–Crippen LogP) is 0.610. The van der Waals surface area contributed by atoms with E-state index in [-0.39, 0.29) is 6.10 Å². The lowest BCUT2D eigenvalue weighted by atomic mass is 9.82. The standard InChI is InChI=1S/C11H17N3O3/c1-15-9-5-10(16-2)14-11(13-9)17-8-3-7(4-8)6-12/h5,7-8H,3-4,6,12H2,1-2H3. The molecular weight excluding hydrogens is 222 g/mol. The van der Waals surface area contributed by atoms with Crippen molar-refractivity contribution < 1.29 is 14.2 Å². The summed E-state index contributed by atoms with van der Waals surface area (Å²) in [5.41, 5.74) is 5.55. The van der Waals surface area contributed by atoms with Gasteiger partial charge in [0.2, 0.25) is 11.8 Å². The van der Waals surface area contributed by atoms with E-state index in [1.807, 2.05) is 0 Å². The monoisotopic (exact) mass is 239 g/mol. The van der Waals surface area contributed by atoms with Crippen LogP contribution in [0.4, 0.5) is 0 Å². The molecule has 0 radical (unpaired) electrons. The minimum Gasteiger partial charge on any atom is -0.481 e. The lowest BCUT2D eigenvalue weighted by molar-refractivity contribution is 0.0591. The number of nitrogens with two attached hydrogens (primary N) is 1. The number of rotatable bonds is 5. The van der Waals surface area contributed by atoms with Gasteiger partial charge < -0.3 is 19.9 Å². The zero-order valence-corrected chi connectivity index (χ0v) is 10.0. The Morgan fingerprint density at radius 3 is 2.29 bits per heavy atom.